The SMILES string of the molecule is C/C=C/C(C#CC(C)(C)C)COCc1ccc(OC)cc1. The van der Waals surface area contributed by atoms with Gasteiger partial charge in [0.1, 0.15) is 5.75 Å². The van der Waals surface area contributed by atoms with Crippen molar-refractivity contribution in [3.8, 4) is 17.6 Å². The lowest BCUT2D eigenvalue weighted by molar-refractivity contribution is 0.111. The number of hydrogen-bond donors (Lipinski definition) is 0. The van der Waals surface area contributed by atoms with Crippen LogP contribution in [0.5, 0.6) is 5.75 Å². The van der Waals surface area contributed by atoms with Crippen LogP contribution in [0.15, 0.2) is 36.4 Å². The minimum absolute atomic E-state index is 0.0236. The van der Waals surface area contributed by atoms with Gasteiger partial charge in [-0.25, -0.2) is 0 Å². The molecule has 0 amide bonds. The van der Waals surface area contributed by atoms with E-state index in [1.54, 1.807) is 7.11 Å². The molecule has 0 heterocycles. The zero-order chi connectivity index (χ0) is 15.7. The Morgan fingerprint density at radius 3 is 2.38 bits per heavy atom. The average Bonchev–Trinajstić information content (AvgIpc) is 2.44. The summed E-state index contributed by atoms with van der Waals surface area (Å²) in [5.74, 6) is 7.56. The van der Waals surface area contributed by atoms with Crippen LogP contribution in [0.3, 0.4) is 0 Å². The second-order valence-corrected chi connectivity index (χ2v) is 6.01. The molecule has 0 bridgehead atoms. The summed E-state index contributed by atoms with van der Waals surface area (Å²) in [6.07, 6.45) is 4.12. The highest BCUT2D eigenvalue weighted by atomic mass is 16.5. The molecule has 0 fully saturated rings. The van der Waals surface area contributed by atoms with Gasteiger partial charge in [0.2, 0.25) is 0 Å². The molecule has 0 radical (unpaired) electrons. The van der Waals surface area contributed by atoms with Crippen LogP contribution in [0, 0.1) is 23.2 Å². The Morgan fingerprint density at radius 1 is 1.19 bits per heavy atom. The molecule has 0 spiro atoms. The van der Waals surface area contributed by atoms with Crippen LogP contribution in [-0.4, -0.2) is 13.7 Å². The van der Waals surface area contributed by atoms with E-state index >= 15 is 0 Å². The molecule has 0 aliphatic carbocycles. The maximum absolute atomic E-state index is 5.78. The lowest BCUT2D eigenvalue weighted by Gasteiger charge is -2.11. The van der Waals surface area contributed by atoms with Gasteiger partial charge in [-0.05, 0) is 45.4 Å². The second kappa shape index (κ2) is 8.54. The monoisotopic (exact) mass is 286 g/mol. The summed E-state index contributed by atoms with van der Waals surface area (Å²) in [6.45, 7) is 9.56. The van der Waals surface area contributed by atoms with E-state index in [4.69, 9.17) is 9.47 Å². The predicted octanol–water partition coefficient (Wildman–Crippen LogP) is 4.45. The number of hydrogen-bond acceptors (Lipinski definition) is 2. The van der Waals surface area contributed by atoms with Gasteiger partial charge in [-0.2, -0.15) is 0 Å². The molecular weight excluding hydrogens is 260 g/mol. The molecule has 0 N–H and O–H groups in total. The normalized spacial score (nSPS) is 12.8. The third kappa shape index (κ3) is 7.58. The molecule has 114 valence electrons. The fourth-order valence-corrected chi connectivity index (χ4v) is 1.71. The van der Waals surface area contributed by atoms with Crippen molar-refractivity contribution in [1.29, 1.82) is 0 Å². The van der Waals surface area contributed by atoms with E-state index < -0.39 is 0 Å². The van der Waals surface area contributed by atoms with Crippen LogP contribution in [0.1, 0.15) is 33.3 Å². The molecule has 0 aliphatic rings. The second-order valence-electron chi connectivity index (χ2n) is 6.01. The summed E-state index contributed by atoms with van der Waals surface area (Å²) in [6, 6.07) is 7.93. The van der Waals surface area contributed by atoms with Gasteiger partial charge in [0.25, 0.3) is 0 Å². The van der Waals surface area contributed by atoms with Gasteiger partial charge in [0, 0.05) is 5.41 Å². The third-order valence-corrected chi connectivity index (χ3v) is 2.78. The molecule has 0 aliphatic heterocycles. The van der Waals surface area contributed by atoms with Gasteiger partial charge in [-0.15, -0.1) is 0 Å². The van der Waals surface area contributed by atoms with Gasteiger partial charge >= 0.3 is 0 Å². The molecular formula is C19H26O2. The first-order valence-electron chi connectivity index (χ1n) is 7.31. The van der Waals surface area contributed by atoms with E-state index in [1.807, 2.05) is 37.3 Å². The first-order valence-corrected chi connectivity index (χ1v) is 7.31. The number of allylic oxidation sites excluding steroid dienone is 1. The van der Waals surface area contributed by atoms with Crippen LogP contribution in [0.2, 0.25) is 0 Å². The van der Waals surface area contributed by atoms with Crippen LogP contribution < -0.4 is 4.74 Å². The third-order valence-electron chi connectivity index (χ3n) is 2.78. The van der Waals surface area contributed by atoms with Gasteiger partial charge in [-0.1, -0.05) is 36.1 Å². The Kier molecular flexibility index (Phi) is 7.05. The molecule has 1 atom stereocenters. The van der Waals surface area contributed by atoms with Gasteiger partial charge in [0.15, 0.2) is 0 Å². The lowest BCUT2D eigenvalue weighted by Crippen LogP contribution is -2.07. The Bertz CT molecular complexity index is 495. The molecule has 1 aromatic rings. The van der Waals surface area contributed by atoms with E-state index in [0.717, 1.165) is 11.3 Å². The molecule has 2 nitrogen and oxygen atoms in total. The summed E-state index contributed by atoms with van der Waals surface area (Å²) in [7, 11) is 1.67. The van der Waals surface area contributed by atoms with Gasteiger partial charge in [0.05, 0.1) is 26.2 Å². The molecule has 1 aromatic carbocycles. The smallest absolute Gasteiger partial charge is 0.118 e. The summed E-state index contributed by atoms with van der Waals surface area (Å²) in [5, 5.41) is 0. The fraction of sp³-hybridized carbons (Fsp3) is 0.474. The average molecular weight is 286 g/mol. The van der Waals surface area contributed by atoms with E-state index in [-0.39, 0.29) is 11.3 Å². The maximum atomic E-state index is 5.78. The Labute approximate surface area is 129 Å². The number of ether oxygens (including phenoxy) is 2. The van der Waals surface area contributed by atoms with Crippen molar-refractivity contribution >= 4 is 0 Å². The molecule has 0 saturated carbocycles. The van der Waals surface area contributed by atoms with Crippen LogP contribution in [-0.2, 0) is 11.3 Å². The Balaban J connectivity index is 2.51. The summed E-state index contributed by atoms with van der Waals surface area (Å²) < 4.78 is 10.9. The highest BCUT2D eigenvalue weighted by Gasteiger charge is 2.06. The minimum Gasteiger partial charge on any atom is -0.497 e. The Hall–Kier alpha value is -1.72. The van der Waals surface area contributed by atoms with Crippen LogP contribution in [0.25, 0.3) is 0 Å². The molecule has 0 saturated heterocycles. The van der Waals surface area contributed by atoms with Crippen molar-refractivity contribution in [2.75, 3.05) is 13.7 Å². The molecule has 0 aromatic heterocycles. The highest BCUT2D eigenvalue weighted by Crippen LogP contribution is 2.13. The summed E-state index contributed by atoms with van der Waals surface area (Å²) in [5.41, 5.74) is 1.16. The molecule has 21 heavy (non-hydrogen) atoms. The molecule has 1 unspecified atom stereocenters. The first kappa shape index (κ1) is 17.3. The standard InChI is InChI=1S/C19H26O2/c1-6-7-16(12-13-19(2,3)4)14-21-15-17-8-10-18(20-5)11-9-17/h6-11,16H,14-15H2,1-5H3/b7-6+. The molecule has 2 heteroatoms. The van der Waals surface area contributed by atoms with Crippen molar-refractivity contribution in [2.24, 2.45) is 11.3 Å². The maximum Gasteiger partial charge on any atom is 0.118 e. The first-order chi connectivity index (χ1) is 9.94. The van der Waals surface area contributed by atoms with Crippen molar-refractivity contribution in [2.45, 2.75) is 34.3 Å². The van der Waals surface area contributed by atoms with Gasteiger partial charge < -0.3 is 9.47 Å². The lowest BCUT2D eigenvalue weighted by atomic mass is 9.96. The predicted molar refractivity (Wildman–Crippen MR) is 88.2 cm³/mol. The van der Waals surface area contributed by atoms with E-state index in [1.165, 1.54) is 0 Å². The number of benzene rings is 1. The summed E-state index contributed by atoms with van der Waals surface area (Å²) in [4.78, 5) is 0. The van der Waals surface area contributed by atoms with Gasteiger partial charge in [-0.3, -0.25) is 0 Å². The molecule has 1 rings (SSSR count). The zero-order valence-electron chi connectivity index (χ0n) is 13.8. The fourth-order valence-electron chi connectivity index (χ4n) is 1.71. The van der Waals surface area contributed by atoms with Crippen molar-refractivity contribution < 1.29 is 9.47 Å². The number of methoxy groups -OCH3 is 1. The number of rotatable bonds is 6. The van der Waals surface area contributed by atoms with Crippen molar-refractivity contribution in [1.82, 2.24) is 0 Å². The largest absolute Gasteiger partial charge is 0.497 e. The van der Waals surface area contributed by atoms with E-state index in [2.05, 4.69) is 38.7 Å². The van der Waals surface area contributed by atoms with E-state index in [0.29, 0.717) is 13.2 Å². The minimum atomic E-state index is 0.0236. The van der Waals surface area contributed by atoms with Crippen LogP contribution >= 0.6 is 0 Å². The van der Waals surface area contributed by atoms with E-state index in [9.17, 15) is 0 Å². The van der Waals surface area contributed by atoms with Crippen molar-refractivity contribution in [3.63, 3.8) is 0 Å². The van der Waals surface area contributed by atoms with Crippen LogP contribution in [0.4, 0.5) is 0 Å². The zero-order valence-corrected chi connectivity index (χ0v) is 13.8. The topological polar surface area (TPSA) is 18.5 Å². The summed E-state index contributed by atoms with van der Waals surface area (Å²) >= 11 is 0. The van der Waals surface area contributed by atoms with Crippen molar-refractivity contribution in [3.05, 3.63) is 42.0 Å². The quantitative estimate of drug-likeness (QED) is 0.568. The Morgan fingerprint density at radius 2 is 1.86 bits per heavy atom. The highest BCUT2D eigenvalue weighted by molar-refractivity contribution is 5.26.